The van der Waals surface area contributed by atoms with E-state index in [9.17, 15) is 9.90 Å². The molecule has 2 heterocycles. The molecule has 0 unspecified atom stereocenters. The molecule has 0 radical (unpaired) electrons. The lowest BCUT2D eigenvalue weighted by Crippen LogP contribution is -2.38. The molecule has 1 aromatic heterocycles. The third-order valence-corrected chi connectivity index (χ3v) is 3.22. The number of nitrogens with one attached hydrogen (secondary N) is 2. The number of ether oxygens (including phenoxy) is 1. The molecule has 0 aromatic carbocycles. The fourth-order valence-electron chi connectivity index (χ4n) is 2.32. The van der Waals surface area contributed by atoms with Crippen molar-refractivity contribution in [2.75, 3.05) is 43.6 Å². The van der Waals surface area contributed by atoms with Crippen LogP contribution in [0.1, 0.15) is 22.8 Å². The number of hydrogen-bond donors (Lipinski definition) is 3. The smallest absolute Gasteiger partial charge is 0.339 e. The maximum atomic E-state index is 11.5. The van der Waals surface area contributed by atoms with Gasteiger partial charge in [0, 0.05) is 32.0 Å². The third-order valence-electron chi connectivity index (χ3n) is 3.22. The molecule has 108 valence electrons. The minimum atomic E-state index is -1.04. The largest absolute Gasteiger partial charge is 0.478 e. The van der Waals surface area contributed by atoms with Crippen LogP contribution >= 0.6 is 0 Å². The summed E-state index contributed by atoms with van der Waals surface area (Å²) >= 11 is 0. The van der Waals surface area contributed by atoms with Crippen molar-refractivity contribution in [2.24, 2.45) is 0 Å². The van der Waals surface area contributed by atoms with Gasteiger partial charge in [-0.1, -0.05) is 0 Å². The minimum Gasteiger partial charge on any atom is -0.478 e. The molecule has 20 heavy (non-hydrogen) atoms. The van der Waals surface area contributed by atoms with Gasteiger partial charge in [-0.2, -0.15) is 0 Å². The van der Waals surface area contributed by atoms with Crippen molar-refractivity contribution in [3.8, 4) is 0 Å². The molecule has 0 saturated carbocycles. The molecular formula is C13H18N4O3. The van der Waals surface area contributed by atoms with E-state index in [-0.39, 0.29) is 11.3 Å². The molecule has 1 fully saturated rings. The number of nitrogens with zero attached hydrogens (tertiary/aromatic N) is 2. The Bertz CT molecular complexity index is 539. The second-order valence-electron chi connectivity index (χ2n) is 4.52. The van der Waals surface area contributed by atoms with E-state index >= 15 is 0 Å². The van der Waals surface area contributed by atoms with E-state index in [1.54, 1.807) is 14.0 Å². The van der Waals surface area contributed by atoms with Crippen LogP contribution in [0.25, 0.3) is 0 Å². The number of rotatable bonds is 4. The van der Waals surface area contributed by atoms with Crippen molar-refractivity contribution >= 4 is 23.2 Å². The van der Waals surface area contributed by atoms with Crippen molar-refractivity contribution in [2.45, 2.75) is 6.92 Å². The number of anilines is 2. The summed E-state index contributed by atoms with van der Waals surface area (Å²) in [5, 5.41) is 20.2. The lowest BCUT2D eigenvalue weighted by atomic mass is 10.0. The number of aromatic nitrogens is 1. The van der Waals surface area contributed by atoms with Crippen molar-refractivity contribution < 1.29 is 14.6 Å². The average molecular weight is 278 g/mol. The van der Waals surface area contributed by atoms with Crippen LogP contribution in [0.2, 0.25) is 0 Å². The van der Waals surface area contributed by atoms with E-state index in [1.807, 2.05) is 4.90 Å². The number of pyridine rings is 1. The number of aromatic carboxylic acids is 1. The van der Waals surface area contributed by atoms with Gasteiger partial charge in [0.1, 0.15) is 11.4 Å². The summed E-state index contributed by atoms with van der Waals surface area (Å²) in [5.41, 5.74) is 1.49. The first kappa shape index (κ1) is 14.3. The zero-order valence-electron chi connectivity index (χ0n) is 11.6. The van der Waals surface area contributed by atoms with Gasteiger partial charge in [-0.3, -0.25) is 0 Å². The molecule has 1 saturated heterocycles. The average Bonchev–Trinajstić information content (AvgIpc) is 2.46. The van der Waals surface area contributed by atoms with Crippen LogP contribution in [0.5, 0.6) is 0 Å². The van der Waals surface area contributed by atoms with Gasteiger partial charge in [0.05, 0.1) is 24.5 Å². The van der Waals surface area contributed by atoms with E-state index < -0.39 is 5.97 Å². The molecule has 0 amide bonds. The minimum absolute atomic E-state index is 0.118. The quantitative estimate of drug-likeness (QED) is 0.712. The predicted octanol–water partition coefficient (Wildman–Crippen LogP) is 1.05. The molecule has 1 aliphatic rings. The second-order valence-corrected chi connectivity index (χ2v) is 4.52. The van der Waals surface area contributed by atoms with Gasteiger partial charge in [-0.05, 0) is 6.92 Å². The van der Waals surface area contributed by atoms with E-state index in [0.717, 1.165) is 0 Å². The van der Waals surface area contributed by atoms with Crippen molar-refractivity contribution in [3.05, 3.63) is 17.3 Å². The SMILES string of the molecule is CNc1ncc(C(=O)O)c(N2CCOCC2)c1C(C)=N. The summed E-state index contributed by atoms with van der Waals surface area (Å²) in [4.78, 5) is 17.5. The van der Waals surface area contributed by atoms with Crippen LogP contribution in [0.3, 0.4) is 0 Å². The third kappa shape index (κ3) is 2.57. The lowest BCUT2D eigenvalue weighted by molar-refractivity contribution is 0.0696. The van der Waals surface area contributed by atoms with E-state index in [1.165, 1.54) is 6.20 Å². The molecule has 0 bridgehead atoms. The van der Waals surface area contributed by atoms with Crippen molar-refractivity contribution in [1.82, 2.24) is 4.98 Å². The standard InChI is InChI=1S/C13H18N4O3/c1-8(14)10-11(17-3-5-20-6-4-17)9(13(18)19)7-16-12(10)15-2/h7,14H,3-6H2,1-2H3,(H,15,16)(H,18,19). The molecule has 0 aliphatic carbocycles. The molecule has 7 nitrogen and oxygen atoms in total. The van der Waals surface area contributed by atoms with Gasteiger partial charge in [-0.25, -0.2) is 9.78 Å². The molecule has 2 rings (SSSR count). The number of carboxylic acid groups (broad SMARTS) is 1. The van der Waals surface area contributed by atoms with Crippen LogP contribution in [-0.2, 0) is 4.74 Å². The first-order valence-corrected chi connectivity index (χ1v) is 6.38. The summed E-state index contributed by atoms with van der Waals surface area (Å²) in [6.45, 7) is 3.94. The fourth-order valence-corrected chi connectivity index (χ4v) is 2.32. The molecule has 0 atom stereocenters. The Morgan fingerprint density at radius 2 is 2.15 bits per heavy atom. The molecule has 7 heteroatoms. The zero-order chi connectivity index (χ0) is 14.7. The van der Waals surface area contributed by atoms with E-state index in [4.69, 9.17) is 10.1 Å². The van der Waals surface area contributed by atoms with Gasteiger partial charge in [-0.15, -0.1) is 0 Å². The number of morpholine rings is 1. The van der Waals surface area contributed by atoms with E-state index in [2.05, 4.69) is 10.3 Å². The number of hydrogen-bond acceptors (Lipinski definition) is 6. The summed E-state index contributed by atoms with van der Waals surface area (Å²) < 4.78 is 5.30. The Balaban J connectivity index is 2.63. The van der Waals surface area contributed by atoms with Crippen LogP contribution in [-0.4, -0.2) is 55.1 Å². The highest BCUT2D eigenvalue weighted by Crippen LogP contribution is 2.31. The van der Waals surface area contributed by atoms with Crippen molar-refractivity contribution in [1.29, 1.82) is 5.41 Å². The van der Waals surface area contributed by atoms with Gasteiger partial charge in [0.25, 0.3) is 0 Å². The van der Waals surface area contributed by atoms with Gasteiger partial charge >= 0.3 is 5.97 Å². The van der Waals surface area contributed by atoms with Gasteiger partial charge in [0.15, 0.2) is 0 Å². The highest BCUT2D eigenvalue weighted by Gasteiger charge is 2.25. The highest BCUT2D eigenvalue weighted by molar-refractivity contribution is 6.10. The topological polar surface area (TPSA) is 98.5 Å². The summed E-state index contributed by atoms with van der Waals surface area (Å²) in [5.74, 6) is -0.520. The molecular weight excluding hydrogens is 260 g/mol. The predicted molar refractivity (Wildman–Crippen MR) is 76.3 cm³/mol. The van der Waals surface area contributed by atoms with Crippen LogP contribution < -0.4 is 10.2 Å². The molecule has 0 spiro atoms. The lowest BCUT2D eigenvalue weighted by Gasteiger charge is -2.32. The van der Waals surface area contributed by atoms with E-state index in [0.29, 0.717) is 43.4 Å². The van der Waals surface area contributed by atoms with Crippen molar-refractivity contribution in [3.63, 3.8) is 0 Å². The summed E-state index contributed by atoms with van der Waals surface area (Å²) in [6, 6.07) is 0. The molecule has 1 aliphatic heterocycles. The monoisotopic (exact) mass is 278 g/mol. The first-order valence-electron chi connectivity index (χ1n) is 6.38. The Morgan fingerprint density at radius 3 is 2.65 bits per heavy atom. The summed E-state index contributed by atoms with van der Waals surface area (Å²) in [6.07, 6.45) is 1.34. The zero-order valence-corrected chi connectivity index (χ0v) is 11.6. The Morgan fingerprint density at radius 1 is 1.50 bits per heavy atom. The second kappa shape index (κ2) is 5.87. The number of carboxylic acids is 1. The fraction of sp³-hybridized carbons (Fsp3) is 0.462. The first-order chi connectivity index (χ1) is 9.56. The maximum Gasteiger partial charge on any atom is 0.339 e. The maximum absolute atomic E-state index is 11.5. The summed E-state index contributed by atoms with van der Waals surface area (Å²) in [7, 11) is 1.71. The Hall–Kier alpha value is -2.15. The van der Waals surface area contributed by atoms with Gasteiger partial charge < -0.3 is 25.5 Å². The highest BCUT2D eigenvalue weighted by atomic mass is 16.5. The Labute approximate surface area is 117 Å². The Kier molecular flexibility index (Phi) is 4.19. The van der Waals surface area contributed by atoms with Gasteiger partial charge in [0.2, 0.25) is 0 Å². The number of carbonyl (C=O) groups is 1. The molecule has 3 N–H and O–H groups in total. The normalized spacial score (nSPS) is 15.0. The molecule has 1 aromatic rings. The van der Waals surface area contributed by atoms with Crippen LogP contribution in [0, 0.1) is 5.41 Å². The van der Waals surface area contributed by atoms with Crippen LogP contribution in [0.4, 0.5) is 11.5 Å². The van der Waals surface area contributed by atoms with Crippen LogP contribution in [0.15, 0.2) is 6.20 Å².